The topological polar surface area (TPSA) is 24.5 Å². The first-order chi connectivity index (χ1) is 10.2. The van der Waals surface area contributed by atoms with Crippen LogP contribution >= 0.6 is 0 Å². The standard InChI is InChI=1S/C18H24N2O/c1-4-19-13-15-7-5-6-8-16(15)14-20(2)17-9-11-18(21-3)12-10-17/h5-12,19H,4,13-14H2,1-3H3. The molecule has 0 bridgehead atoms. The lowest BCUT2D eigenvalue weighted by Crippen LogP contribution is -2.19. The maximum absolute atomic E-state index is 5.20. The highest BCUT2D eigenvalue weighted by atomic mass is 16.5. The van der Waals surface area contributed by atoms with E-state index in [1.165, 1.54) is 16.8 Å². The second kappa shape index (κ2) is 7.70. The Morgan fingerprint density at radius 3 is 2.29 bits per heavy atom. The Morgan fingerprint density at radius 1 is 1.00 bits per heavy atom. The van der Waals surface area contributed by atoms with Gasteiger partial charge in [0.2, 0.25) is 0 Å². The van der Waals surface area contributed by atoms with Crippen LogP contribution in [0.1, 0.15) is 18.1 Å². The van der Waals surface area contributed by atoms with Crippen LogP contribution in [-0.4, -0.2) is 20.7 Å². The van der Waals surface area contributed by atoms with Crippen molar-refractivity contribution >= 4 is 5.69 Å². The van der Waals surface area contributed by atoms with E-state index in [0.717, 1.165) is 25.4 Å². The van der Waals surface area contributed by atoms with Crippen molar-refractivity contribution in [3.05, 3.63) is 59.7 Å². The molecule has 0 aliphatic carbocycles. The minimum Gasteiger partial charge on any atom is -0.497 e. The van der Waals surface area contributed by atoms with Crippen molar-refractivity contribution < 1.29 is 4.74 Å². The first-order valence-corrected chi connectivity index (χ1v) is 7.37. The van der Waals surface area contributed by atoms with E-state index >= 15 is 0 Å². The summed E-state index contributed by atoms with van der Waals surface area (Å²) in [5.41, 5.74) is 3.91. The van der Waals surface area contributed by atoms with Gasteiger partial charge in [-0.25, -0.2) is 0 Å². The summed E-state index contributed by atoms with van der Waals surface area (Å²) < 4.78 is 5.20. The van der Waals surface area contributed by atoms with Crippen LogP contribution in [0.4, 0.5) is 5.69 Å². The molecule has 0 spiro atoms. The van der Waals surface area contributed by atoms with E-state index in [4.69, 9.17) is 4.74 Å². The molecule has 0 radical (unpaired) electrons. The average molecular weight is 284 g/mol. The minimum atomic E-state index is 0.889. The van der Waals surface area contributed by atoms with E-state index in [0.29, 0.717) is 0 Å². The first kappa shape index (κ1) is 15.4. The van der Waals surface area contributed by atoms with E-state index in [2.05, 4.69) is 60.6 Å². The maximum atomic E-state index is 5.20. The summed E-state index contributed by atoms with van der Waals surface area (Å²) in [6, 6.07) is 16.8. The first-order valence-electron chi connectivity index (χ1n) is 7.37. The maximum Gasteiger partial charge on any atom is 0.119 e. The molecule has 0 fully saturated rings. The Kier molecular flexibility index (Phi) is 5.64. The third-order valence-electron chi connectivity index (χ3n) is 3.60. The largest absolute Gasteiger partial charge is 0.497 e. The smallest absolute Gasteiger partial charge is 0.119 e. The third kappa shape index (κ3) is 4.23. The van der Waals surface area contributed by atoms with Crippen molar-refractivity contribution in [2.45, 2.75) is 20.0 Å². The lowest BCUT2D eigenvalue weighted by molar-refractivity contribution is 0.415. The third-order valence-corrected chi connectivity index (χ3v) is 3.60. The Labute approximate surface area is 127 Å². The molecule has 0 amide bonds. The van der Waals surface area contributed by atoms with Crippen LogP contribution in [0.2, 0.25) is 0 Å². The summed E-state index contributed by atoms with van der Waals surface area (Å²) in [6.07, 6.45) is 0. The number of nitrogens with zero attached hydrogens (tertiary/aromatic N) is 1. The van der Waals surface area contributed by atoms with Gasteiger partial charge in [-0.05, 0) is 41.9 Å². The van der Waals surface area contributed by atoms with Crippen LogP contribution in [0.25, 0.3) is 0 Å². The molecule has 0 saturated heterocycles. The van der Waals surface area contributed by atoms with Gasteiger partial charge in [-0.2, -0.15) is 0 Å². The zero-order chi connectivity index (χ0) is 15.1. The summed E-state index contributed by atoms with van der Waals surface area (Å²) in [6.45, 7) is 4.94. The van der Waals surface area contributed by atoms with Gasteiger partial charge in [-0.15, -0.1) is 0 Å². The number of hydrogen-bond acceptors (Lipinski definition) is 3. The molecule has 0 saturated carbocycles. The Hall–Kier alpha value is -2.00. The Morgan fingerprint density at radius 2 is 1.67 bits per heavy atom. The monoisotopic (exact) mass is 284 g/mol. The van der Waals surface area contributed by atoms with Gasteiger partial charge in [-0.3, -0.25) is 0 Å². The van der Waals surface area contributed by atoms with Gasteiger partial charge in [0.25, 0.3) is 0 Å². The molecule has 2 rings (SSSR count). The minimum absolute atomic E-state index is 0.889. The van der Waals surface area contributed by atoms with Gasteiger partial charge in [0, 0.05) is 25.8 Å². The molecule has 3 heteroatoms. The molecule has 0 atom stereocenters. The molecule has 2 aromatic rings. The predicted molar refractivity (Wildman–Crippen MR) is 88.9 cm³/mol. The fraction of sp³-hybridized carbons (Fsp3) is 0.333. The second-order valence-electron chi connectivity index (χ2n) is 5.10. The zero-order valence-corrected chi connectivity index (χ0v) is 13.1. The number of benzene rings is 2. The van der Waals surface area contributed by atoms with Gasteiger partial charge in [0.1, 0.15) is 5.75 Å². The molecule has 0 unspecified atom stereocenters. The van der Waals surface area contributed by atoms with Gasteiger partial charge in [0.05, 0.1) is 7.11 Å². The van der Waals surface area contributed by atoms with Crippen molar-refractivity contribution in [3.63, 3.8) is 0 Å². The fourth-order valence-electron chi connectivity index (χ4n) is 2.33. The summed E-state index contributed by atoms with van der Waals surface area (Å²) in [5, 5.41) is 3.40. The molecule has 21 heavy (non-hydrogen) atoms. The summed E-state index contributed by atoms with van der Waals surface area (Å²) >= 11 is 0. The number of anilines is 1. The molecule has 112 valence electrons. The van der Waals surface area contributed by atoms with Crippen molar-refractivity contribution in [3.8, 4) is 5.75 Å². The number of methoxy groups -OCH3 is 1. The second-order valence-corrected chi connectivity index (χ2v) is 5.10. The normalized spacial score (nSPS) is 10.4. The molecule has 0 aromatic heterocycles. The van der Waals surface area contributed by atoms with E-state index in [1.807, 2.05) is 12.1 Å². The summed E-state index contributed by atoms with van der Waals surface area (Å²) in [4.78, 5) is 2.25. The van der Waals surface area contributed by atoms with Crippen LogP contribution in [0.3, 0.4) is 0 Å². The van der Waals surface area contributed by atoms with Gasteiger partial charge in [0.15, 0.2) is 0 Å². The summed E-state index contributed by atoms with van der Waals surface area (Å²) in [7, 11) is 3.81. The molecular weight excluding hydrogens is 260 g/mol. The Bertz CT molecular complexity index is 551. The van der Waals surface area contributed by atoms with Gasteiger partial charge in [-0.1, -0.05) is 31.2 Å². The van der Waals surface area contributed by atoms with E-state index in [1.54, 1.807) is 7.11 Å². The van der Waals surface area contributed by atoms with Gasteiger partial charge >= 0.3 is 0 Å². The molecule has 3 nitrogen and oxygen atoms in total. The van der Waals surface area contributed by atoms with Crippen molar-refractivity contribution in [2.75, 3.05) is 25.6 Å². The number of hydrogen-bond donors (Lipinski definition) is 1. The lowest BCUT2D eigenvalue weighted by atomic mass is 10.1. The highest BCUT2D eigenvalue weighted by Crippen LogP contribution is 2.20. The molecule has 0 heterocycles. The highest BCUT2D eigenvalue weighted by molar-refractivity contribution is 5.49. The number of rotatable bonds is 7. The van der Waals surface area contributed by atoms with E-state index < -0.39 is 0 Å². The van der Waals surface area contributed by atoms with Crippen LogP contribution in [0.5, 0.6) is 5.75 Å². The van der Waals surface area contributed by atoms with Crippen LogP contribution in [0, 0.1) is 0 Å². The van der Waals surface area contributed by atoms with Gasteiger partial charge < -0.3 is 15.0 Å². The van der Waals surface area contributed by atoms with Crippen molar-refractivity contribution in [2.24, 2.45) is 0 Å². The SMILES string of the molecule is CCNCc1ccccc1CN(C)c1ccc(OC)cc1. The van der Waals surface area contributed by atoms with Crippen molar-refractivity contribution in [1.82, 2.24) is 5.32 Å². The van der Waals surface area contributed by atoms with Crippen LogP contribution in [0.15, 0.2) is 48.5 Å². The van der Waals surface area contributed by atoms with E-state index in [9.17, 15) is 0 Å². The highest BCUT2D eigenvalue weighted by Gasteiger charge is 2.06. The van der Waals surface area contributed by atoms with E-state index in [-0.39, 0.29) is 0 Å². The fourth-order valence-corrected chi connectivity index (χ4v) is 2.33. The molecule has 0 aliphatic rings. The predicted octanol–water partition coefficient (Wildman–Crippen LogP) is 3.44. The average Bonchev–Trinajstić information content (AvgIpc) is 2.54. The number of nitrogens with one attached hydrogen (secondary N) is 1. The van der Waals surface area contributed by atoms with Crippen LogP contribution < -0.4 is 15.0 Å². The molecule has 2 aromatic carbocycles. The van der Waals surface area contributed by atoms with Crippen LogP contribution in [-0.2, 0) is 13.1 Å². The molecule has 0 aliphatic heterocycles. The Balaban J connectivity index is 2.09. The molecule has 1 N–H and O–H groups in total. The van der Waals surface area contributed by atoms with Crippen molar-refractivity contribution in [1.29, 1.82) is 0 Å². The lowest BCUT2D eigenvalue weighted by Gasteiger charge is -2.21. The molecular formula is C18H24N2O. The quantitative estimate of drug-likeness (QED) is 0.843. The summed E-state index contributed by atoms with van der Waals surface area (Å²) in [5.74, 6) is 0.889. The number of ether oxygens (including phenoxy) is 1. The zero-order valence-electron chi connectivity index (χ0n) is 13.1.